The van der Waals surface area contributed by atoms with Crippen LogP contribution in [0, 0.1) is 0 Å². The normalized spacial score (nSPS) is 21.8. The first-order valence-corrected chi connectivity index (χ1v) is 9.75. The van der Waals surface area contributed by atoms with E-state index in [1.807, 2.05) is 48.3 Å². The van der Waals surface area contributed by atoms with Gasteiger partial charge in [-0.05, 0) is 36.8 Å². The number of piperazine rings is 1. The van der Waals surface area contributed by atoms with Crippen molar-refractivity contribution in [2.45, 2.75) is 25.0 Å². The zero-order valence-corrected chi connectivity index (χ0v) is 16.6. The first-order valence-electron chi connectivity index (χ1n) is 9.38. The first-order chi connectivity index (χ1) is 13.6. The summed E-state index contributed by atoms with van der Waals surface area (Å²) in [5, 5.41) is 0.520. The zero-order valence-electron chi connectivity index (χ0n) is 15.8. The van der Waals surface area contributed by atoms with E-state index in [1.54, 1.807) is 7.11 Å². The molecule has 2 fully saturated rings. The minimum atomic E-state index is -0.106. The predicted octanol–water partition coefficient (Wildman–Crippen LogP) is 3.23. The van der Waals surface area contributed by atoms with Gasteiger partial charge >= 0.3 is 0 Å². The lowest BCUT2D eigenvalue weighted by atomic mass is 10.2. The highest BCUT2D eigenvalue weighted by Gasteiger charge is 2.50. The van der Waals surface area contributed by atoms with Crippen LogP contribution in [0.2, 0.25) is 5.02 Å². The molecule has 1 aromatic heterocycles. The number of amides is 1. The number of imidazole rings is 1. The fourth-order valence-electron chi connectivity index (χ4n) is 4.50. The largest absolute Gasteiger partial charge is 0.495 e. The van der Waals surface area contributed by atoms with Gasteiger partial charge in [0.2, 0.25) is 5.91 Å². The van der Waals surface area contributed by atoms with Crippen molar-refractivity contribution < 1.29 is 9.53 Å². The van der Waals surface area contributed by atoms with E-state index in [0.717, 1.165) is 35.5 Å². The number of hydrogen-bond acceptors (Lipinski definition) is 4. The van der Waals surface area contributed by atoms with Crippen molar-refractivity contribution in [2.75, 3.05) is 18.6 Å². The number of rotatable bonds is 4. The molecule has 6 nitrogen and oxygen atoms in total. The molecule has 3 aromatic rings. The lowest BCUT2D eigenvalue weighted by Gasteiger charge is -2.33. The van der Waals surface area contributed by atoms with Gasteiger partial charge < -0.3 is 14.2 Å². The van der Waals surface area contributed by atoms with E-state index in [9.17, 15) is 4.79 Å². The van der Waals surface area contributed by atoms with Crippen molar-refractivity contribution >= 4 is 34.2 Å². The number of nitrogens with zero attached hydrogens (tertiary/aromatic N) is 4. The SMILES string of the molecule is COc1ccc(N2C(=O)[C@@H]3C[C@H]2CN3Cc2nc3ccccc3n2C)cc1Cl. The van der Waals surface area contributed by atoms with Crippen molar-refractivity contribution in [3.63, 3.8) is 0 Å². The number of carbonyl (C=O) groups excluding carboxylic acids is 1. The van der Waals surface area contributed by atoms with Crippen LogP contribution in [0.4, 0.5) is 5.69 Å². The summed E-state index contributed by atoms with van der Waals surface area (Å²) in [7, 11) is 3.62. The number of likely N-dealkylation sites (tertiary alicyclic amines) is 1. The Kier molecular flexibility index (Phi) is 4.07. The summed E-state index contributed by atoms with van der Waals surface area (Å²) in [6.45, 7) is 1.51. The number of ether oxygens (including phenoxy) is 1. The number of carbonyl (C=O) groups is 1. The van der Waals surface area contributed by atoms with Crippen LogP contribution in [0.5, 0.6) is 5.75 Å². The van der Waals surface area contributed by atoms with Crippen LogP contribution in [-0.2, 0) is 18.4 Å². The quantitative estimate of drug-likeness (QED) is 0.679. The number of halogens is 1. The summed E-state index contributed by atoms with van der Waals surface area (Å²) in [6, 6.07) is 13.7. The van der Waals surface area contributed by atoms with Gasteiger partial charge in [0.05, 0.1) is 41.8 Å². The molecule has 2 atom stereocenters. The first kappa shape index (κ1) is 17.5. The van der Waals surface area contributed by atoms with Crippen LogP contribution in [0.25, 0.3) is 11.0 Å². The van der Waals surface area contributed by atoms with Gasteiger partial charge in [-0.1, -0.05) is 23.7 Å². The predicted molar refractivity (Wildman–Crippen MR) is 109 cm³/mol. The molecule has 3 heterocycles. The van der Waals surface area contributed by atoms with Gasteiger partial charge in [0.25, 0.3) is 0 Å². The summed E-state index contributed by atoms with van der Waals surface area (Å²) >= 11 is 6.27. The molecule has 0 aliphatic carbocycles. The van der Waals surface area contributed by atoms with Crippen molar-refractivity contribution in [3.8, 4) is 5.75 Å². The Balaban J connectivity index is 1.37. The summed E-state index contributed by atoms with van der Waals surface area (Å²) in [5.74, 6) is 1.74. The molecule has 0 spiro atoms. The van der Waals surface area contributed by atoms with Gasteiger partial charge in [-0.2, -0.15) is 0 Å². The standard InChI is InChI=1S/C21H21ClN4O2/c1-24-17-6-4-3-5-16(17)23-20(24)12-25-11-14-10-18(25)21(27)26(14)13-7-8-19(28-2)15(22)9-13/h3-9,14,18H,10-12H2,1-2H3/t14-,18-/m0/s1. The molecule has 2 aliphatic heterocycles. The Morgan fingerprint density at radius 3 is 2.79 bits per heavy atom. The maximum Gasteiger partial charge on any atom is 0.244 e. The third-order valence-electron chi connectivity index (χ3n) is 5.91. The van der Waals surface area contributed by atoms with E-state index in [1.165, 1.54) is 0 Å². The minimum absolute atomic E-state index is 0.106. The molecule has 144 valence electrons. The zero-order chi connectivity index (χ0) is 19.4. The molecule has 0 radical (unpaired) electrons. The molecular weight excluding hydrogens is 376 g/mol. The highest BCUT2D eigenvalue weighted by molar-refractivity contribution is 6.32. The summed E-state index contributed by atoms with van der Waals surface area (Å²) in [4.78, 5) is 22.0. The molecule has 0 N–H and O–H groups in total. The number of methoxy groups -OCH3 is 1. The van der Waals surface area contributed by atoms with E-state index in [4.69, 9.17) is 21.3 Å². The topological polar surface area (TPSA) is 50.6 Å². The van der Waals surface area contributed by atoms with E-state index < -0.39 is 0 Å². The lowest BCUT2D eigenvalue weighted by Crippen LogP contribution is -2.50. The number of para-hydroxylation sites is 2. The van der Waals surface area contributed by atoms with Crippen molar-refractivity contribution in [2.24, 2.45) is 7.05 Å². The van der Waals surface area contributed by atoms with Crippen molar-refractivity contribution in [3.05, 3.63) is 53.3 Å². The van der Waals surface area contributed by atoms with Crippen LogP contribution >= 0.6 is 11.6 Å². The Hall–Kier alpha value is -2.57. The molecular formula is C21H21ClN4O2. The fourth-order valence-corrected chi connectivity index (χ4v) is 4.75. The van der Waals surface area contributed by atoms with Gasteiger partial charge in [0.1, 0.15) is 11.6 Å². The summed E-state index contributed by atoms with van der Waals surface area (Å²) in [5.41, 5.74) is 2.94. The second kappa shape index (κ2) is 6.50. The Morgan fingerprint density at radius 2 is 2.07 bits per heavy atom. The van der Waals surface area contributed by atoms with Gasteiger partial charge in [-0.15, -0.1) is 0 Å². The number of anilines is 1. The summed E-state index contributed by atoms with van der Waals surface area (Å²) < 4.78 is 7.34. The third-order valence-corrected chi connectivity index (χ3v) is 6.20. The van der Waals surface area contributed by atoms with Gasteiger partial charge in [0.15, 0.2) is 0 Å². The van der Waals surface area contributed by atoms with Crippen LogP contribution in [-0.4, -0.2) is 46.1 Å². The van der Waals surface area contributed by atoms with Crippen molar-refractivity contribution in [1.29, 1.82) is 0 Å². The number of benzene rings is 2. The maximum atomic E-state index is 13.1. The molecule has 1 amide bonds. The van der Waals surface area contributed by atoms with Crippen LogP contribution in [0.3, 0.4) is 0 Å². The number of aromatic nitrogens is 2. The average molecular weight is 397 g/mol. The van der Waals surface area contributed by atoms with Crippen molar-refractivity contribution in [1.82, 2.24) is 14.5 Å². The Bertz CT molecular complexity index is 1080. The smallest absolute Gasteiger partial charge is 0.244 e. The molecule has 5 rings (SSSR count). The number of hydrogen-bond donors (Lipinski definition) is 0. The van der Waals surface area contributed by atoms with E-state index in [0.29, 0.717) is 17.3 Å². The van der Waals surface area contributed by atoms with E-state index >= 15 is 0 Å². The van der Waals surface area contributed by atoms with Gasteiger partial charge in [0, 0.05) is 19.3 Å². The highest BCUT2D eigenvalue weighted by Crippen LogP contribution is 2.38. The minimum Gasteiger partial charge on any atom is -0.495 e. The van der Waals surface area contributed by atoms with Gasteiger partial charge in [-0.3, -0.25) is 9.69 Å². The van der Waals surface area contributed by atoms with E-state index in [-0.39, 0.29) is 18.0 Å². The third kappa shape index (κ3) is 2.59. The van der Waals surface area contributed by atoms with Crippen LogP contribution in [0.15, 0.2) is 42.5 Å². The molecule has 2 bridgehead atoms. The molecule has 7 heteroatoms. The summed E-state index contributed by atoms with van der Waals surface area (Å²) in [6.07, 6.45) is 0.840. The molecule has 28 heavy (non-hydrogen) atoms. The Labute approximate surface area is 168 Å². The highest BCUT2D eigenvalue weighted by atomic mass is 35.5. The molecule has 0 unspecified atom stereocenters. The molecule has 2 aromatic carbocycles. The number of aryl methyl sites for hydroxylation is 1. The second-order valence-electron chi connectivity index (χ2n) is 7.44. The van der Waals surface area contributed by atoms with E-state index in [2.05, 4.69) is 15.5 Å². The Morgan fingerprint density at radius 1 is 1.25 bits per heavy atom. The lowest BCUT2D eigenvalue weighted by molar-refractivity contribution is -0.122. The second-order valence-corrected chi connectivity index (χ2v) is 7.84. The maximum absolute atomic E-state index is 13.1. The number of fused-ring (bicyclic) bond motifs is 3. The molecule has 2 saturated heterocycles. The fraction of sp³-hybridized carbons (Fsp3) is 0.333. The van der Waals surface area contributed by atoms with Gasteiger partial charge in [-0.25, -0.2) is 4.98 Å². The molecule has 0 saturated carbocycles. The molecule has 2 aliphatic rings. The average Bonchev–Trinajstić information content (AvgIpc) is 3.34. The van der Waals surface area contributed by atoms with Crippen LogP contribution < -0.4 is 9.64 Å². The van der Waals surface area contributed by atoms with Crippen LogP contribution in [0.1, 0.15) is 12.2 Å². The monoisotopic (exact) mass is 396 g/mol.